The predicted octanol–water partition coefficient (Wildman–Crippen LogP) is 3.57. The average molecular weight is 248 g/mol. The highest BCUT2D eigenvalue weighted by atomic mass is 35.5. The Morgan fingerprint density at radius 2 is 2.00 bits per heavy atom. The van der Waals surface area contributed by atoms with Gasteiger partial charge in [0.05, 0.1) is 11.1 Å². The van der Waals surface area contributed by atoms with Crippen molar-refractivity contribution in [1.29, 1.82) is 0 Å². The van der Waals surface area contributed by atoms with Crippen molar-refractivity contribution in [3.8, 4) is 0 Å². The highest BCUT2D eigenvalue weighted by Gasteiger charge is 2.34. The summed E-state index contributed by atoms with van der Waals surface area (Å²) >= 11 is 5.22. The molecule has 2 nitrogen and oxygen atoms in total. The number of carbonyl (C=O) groups is 1. The van der Waals surface area contributed by atoms with Gasteiger partial charge in [0, 0.05) is 17.1 Å². The number of H-pyrrole nitrogens is 1. The standard InChI is InChI=1S/C10H5ClF3NO/c11-9(16)5-4-15-7-3-1-2-6(8(5)7)10(12,13)14/h1-4,15H. The normalized spacial score (nSPS) is 12.0. The number of carbonyl (C=O) groups excluding carboxylic acids is 1. The van der Waals surface area contributed by atoms with E-state index in [1.807, 2.05) is 0 Å². The van der Waals surface area contributed by atoms with Crippen LogP contribution in [0.2, 0.25) is 0 Å². The van der Waals surface area contributed by atoms with E-state index < -0.39 is 17.0 Å². The maximum Gasteiger partial charge on any atom is 0.417 e. The fourth-order valence-electron chi connectivity index (χ4n) is 1.58. The number of nitrogens with one attached hydrogen (secondary N) is 1. The second-order valence-corrected chi connectivity index (χ2v) is 3.55. The zero-order valence-corrected chi connectivity index (χ0v) is 8.49. The summed E-state index contributed by atoms with van der Waals surface area (Å²) in [7, 11) is 0. The minimum atomic E-state index is -4.51. The zero-order valence-electron chi connectivity index (χ0n) is 7.73. The molecule has 6 heteroatoms. The van der Waals surface area contributed by atoms with Crippen molar-refractivity contribution in [3.05, 3.63) is 35.5 Å². The molecule has 0 atom stereocenters. The Morgan fingerprint density at radius 3 is 2.56 bits per heavy atom. The van der Waals surface area contributed by atoms with E-state index in [0.29, 0.717) is 0 Å². The number of hydrogen-bond donors (Lipinski definition) is 1. The molecule has 0 aliphatic heterocycles. The fraction of sp³-hybridized carbons (Fsp3) is 0.100. The Labute approximate surface area is 93.0 Å². The number of benzene rings is 1. The number of fused-ring (bicyclic) bond motifs is 1. The lowest BCUT2D eigenvalue weighted by molar-refractivity contribution is -0.136. The van der Waals surface area contributed by atoms with Gasteiger partial charge in [-0.2, -0.15) is 13.2 Å². The van der Waals surface area contributed by atoms with Gasteiger partial charge in [-0.15, -0.1) is 0 Å². The smallest absolute Gasteiger partial charge is 0.360 e. The largest absolute Gasteiger partial charge is 0.417 e. The molecular formula is C10H5ClF3NO. The summed E-state index contributed by atoms with van der Waals surface area (Å²) in [5.74, 6) is 0. The molecule has 0 aliphatic carbocycles. The Kier molecular flexibility index (Phi) is 2.42. The summed E-state index contributed by atoms with van der Waals surface area (Å²) in [5.41, 5.74) is -0.793. The molecule has 84 valence electrons. The van der Waals surface area contributed by atoms with Crippen molar-refractivity contribution < 1.29 is 18.0 Å². The van der Waals surface area contributed by atoms with Gasteiger partial charge in [0.25, 0.3) is 5.24 Å². The van der Waals surface area contributed by atoms with E-state index in [9.17, 15) is 18.0 Å². The molecule has 0 aliphatic rings. The molecular weight excluding hydrogens is 243 g/mol. The van der Waals surface area contributed by atoms with Crippen molar-refractivity contribution in [3.63, 3.8) is 0 Å². The van der Waals surface area contributed by atoms with E-state index in [2.05, 4.69) is 4.98 Å². The molecule has 0 fully saturated rings. The van der Waals surface area contributed by atoms with Crippen LogP contribution >= 0.6 is 11.6 Å². The van der Waals surface area contributed by atoms with Gasteiger partial charge in [-0.05, 0) is 23.7 Å². The fourth-order valence-corrected chi connectivity index (χ4v) is 1.73. The van der Waals surface area contributed by atoms with Gasteiger partial charge < -0.3 is 4.98 Å². The lowest BCUT2D eigenvalue weighted by Gasteiger charge is -2.08. The van der Waals surface area contributed by atoms with E-state index in [-0.39, 0.29) is 16.5 Å². The molecule has 1 aromatic carbocycles. The zero-order chi connectivity index (χ0) is 11.9. The lowest BCUT2D eigenvalue weighted by Crippen LogP contribution is -2.06. The molecule has 16 heavy (non-hydrogen) atoms. The van der Waals surface area contributed by atoms with Crippen molar-refractivity contribution >= 4 is 27.7 Å². The molecule has 0 spiro atoms. The first-order valence-corrected chi connectivity index (χ1v) is 4.66. The van der Waals surface area contributed by atoms with Gasteiger partial charge >= 0.3 is 6.18 Å². The minimum Gasteiger partial charge on any atom is -0.360 e. The minimum absolute atomic E-state index is 0.162. The first-order valence-electron chi connectivity index (χ1n) is 4.28. The Hall–Kier alpha value is -1.49. The summed E-state index contributed by atoms with van der Waals surface area (Å²) in [5, 5.41) is -1.10. The van der Waals surface area contributed by atoms with E-state index in [1.54, 1.807) is 0 Å². The molecule has 2 rings (SSSR count). The summed E-state index contributed by atoms with van der Waals surface area (Å²) < 4.78 is 38.0. The predicted molar refractivity (Wildman–Crippen MR) is 53.5 cm³/mol. The summed E-state index contributed by atoms with van der Waals surface area (Å²) in [6.45, 7) is 0. The first-order chi connectivity index (χ1) is 7.41. The molecule has 0 saturated heterocycles. The molecule has 1 N–H and O–H groups in total. The summed E-state index contributed by atoms with van der Waals surface area (Å²) in [4.78, 5) is 13.6. The summed E-state index contributed by atoms with van der Waals surface area (Å²) in [6, 6.07) is 3.64. The Bertz CT molecular complexity index is 559. The van der Waals surface area contributed by atoms with Gasteiger partial charge in [-0.3, -0.25) is 4.79 Å². The third kappa shape index (κ3) is 1.67. The molecule has 0 bridgehead atoms. The van der Waals surface area contributed by atoms with Crippen LogP contribution in [-0.4, -0.2) is 10.2 Å². The number of aromatic amines is 1. The van der Waals surface area contributed by atoms with Crippen LogP contribution < -0.4 is 0 Å². The second kappa shape index (κ2) is 3.52. The van der Waals surface area contributed by atoms with E-state index >= 15 is 0 Å². The topological polar surface area (TPSA) is 32.9 Å². The Balaban J connectivity index is 2.84. The highest BCUT2D eigenvalue weighted by molar-refractivity contribution is 6.68. The quantitative estimate of drug-likeness (QED) is 0.768. The maximum atomic E-state index is 12.7. The van der Waals surface area contributed by atoms with Crippen LogP contribution in [0.4, 0.5) is 13.2 Å². The molecule has 1 heterocycles. The van der Waals surface area contributed by atoms with Crippen LogP contribution in [0.3, 0.4) is 0 Å². The van der Waals surface area contributed by atoms with Crippen LogP contribution in [0.25, 0.3) is 10.9 Å². The number of alkyl halides is 3. The van der Waals surface area contributed by atoms with Gasteiger partial charge in [-0.25, -0.2) is 0 Å². The van der Waals surface area contributed by atoms with E-state index in [1.165, 1.54) is 18.3 Å². The molecule has 1 aromatic heterocycles. The van der Waals surface area contributed by atoms with Crippen LogP contribution in [0.1, 0.15) is 15.9 Å². The van der Waals surface area contributed by atoms with Crippen LogP contribution in [-0.2, 0) is 6.18 Å². The average Bonchev–Trinajstić information content (AvgIpc) is 2.58. The lowest BCUT2D eigenvalue weighted by atomic mass is 10.1. The third-order valence-electron chi connectivity index (χ3n) is 2.22. The van der Waals surface area contributed by atoms with Gasteiger partial charge in [-0.1, -0.05) is 6.07 Å². The molecule has 2 aromatic rings. The maximum absolute atomic E-state index is 12.7. The van der Waals surface area contributed by atoms with Crippen LogP contribution in [0, 0.1) is 0 Å². The number of hydrogen-bond acceptors (Lipinski definition) is 1. The Morgan fingerprint density at radius 1 is 1.31 bits per heavy atom. The van der Waals surface area contributed by atoms with E-state index in [0.717, 1.165) is 6.07 Å². The molecule has 0 unspecified atom stereocenters. The van der Waals surface area contributed by atoms with Crippen molar-refractivity contribution in [2.45, 2.75) is 6.18 Å². The van der Waals surface area contributed by atoms with Gasteiger partial charge in [0.1, 0.15) is 0 Å². The third-order valence-corrected chi connectivity index (χ3v) is 2.43. The number of aromatic nitrogens is 1. The number of rotatable bonds is 1. The SMILES string of the molecule is O=C(Cl)c1c[nH]c2cccc(C(F)(F)F)c12. The van der Waals surface area contributed by atoms with Crippen molar-refractivity contribution in [2.24, 2.45) is 0 Å². The first kappa shape index (κ1) is 11.0. The van der Waals surface area contributed by atoms with Gasteiger partial charge in [0.15, 0.2) is 0 Å². The summed E-state index contributed by atoms with van der Waals surface area (Å²) in [6.07, 6.45) is -3.34. The van der Waals surface area contributed by atoms with E-state index in [4.69, 9.17) is 11.6 Å². The monoisotopic (exact) mass is 247 g/mol. The van der Waals surface area contributed by atoms with Gasteiger partial charge in [0.2, 0.25) is 0 Å². The van der Waals surface area contributed by atoms with Crippen molar-refractivity contribution in [1.82, 2.24) is 4.98 Å². The highest BCUT2D eigenvalue weighted by Crippen LogP contribution is 2.36. The van der Waals surface area contributed by atoms with Crippen LogP contribution in [0.5, 0.6) is 0 Å². The van der Waals surface area contributed by atoms with Crippen molar-refractivity contribution in [2.75, 3.05) is 0 Å². The second-order valence-electron chi connectivity index (χ2n) is 3.20. The molecule has 0 amide bonds. The molecule has 0 radical (unpaired) electrons. The van der Waals surface area contributed by atoms with Crippen LogP contribution in [0.15, 0.2) is 24.4 Å². The molecule has 0 saturated carbocycles. The number of halogens is 4.